The Morgan fingerprint density at radius 3 is 2.76 bits per heavy atom. The number of carbonyl (C=O) groups is 1. The summed E-state index contributed by atoms with van der Waals surface area (Å²) in [5.41, 5.74) is -0.128. The molecule has 3 atom stereocenters. The van der Waals surface area contributed by atoms with Crippen molar-refractivity contribution < 1.29 is 4.79 Å². The molecule has 0 aromatic heterocycles. The molecule has 1 heterocycles. The third kappa shape index (κ3) is 2.65. The molecule has 1 aliphatic heterocycles. The second-order valence-corrected chi connectivity index (χ2v) is 5.90. The summed E-state index contributed by atoms with van der Waals surface area (Å²) in [6.07, 6.45) is 6.98. The zero-order valence-corrected chi connectivity index (χ0v) is 11.2. The van der Waals surface area contributed by atoms with Gasteiger partial charge in [0.2, 0.25) is 5.91 Å². The average Bonchev–Trinajstić information content (AvgIpc) is 2.82. The summed E-state index contributed by atoms with van der Waals surface area (Å²) in [4.78, 5) is 12.5. The standard InChI is InChI=1S/C14H26N2O/c1-3-14(8-9-15-10-14)13(17)16-12-7-5-4-6-11(12)2/h11-12,15H,3-10H2,1-2H3,(H,16,17). The highest BCUT2D eigenvalue weighted by molar-refractivity contribution is 5.83. The maximum absolute atomic E-state index is 12.5. The van der Waals surface area contributed by atoms with Gasteiger partial charge < -0.3 is 10.6 Å². The van der Waals surface area contributed by atoms with Crippen molar-refractivity contribution in [1.29, 1.82) is 0 Å². The van der Waals surface area contributed by atoms with Crippen LogP contribution in [0.5, 0.6) is 0 Å². The number of nitrogens with one attached hydrogen (secondary N) is 2. The van der Waals surface area contributed by atoms with Crippen LogP contribution in [0.25, 0.3) is 0 Å². The zero-order valence-electron chi connectivity index (χ0n) is 11.2. The lowest BCUT2D eigenvalue weighted by Gasteiger charge is -2.34. The van der Waals surface area contributed by atoms with Crippen molar-refractivity contribution in [3.8, 4) is 0 Å². The highest BCUT2D eigenvalue weighted by atomic mass is 16.2. The largest absolute Gasteiger partial charge is 0.353 e. The summed E-state index contributed by atoms with van der Waals surface area (Å²) in [5, 5.41) is 6.66. The van der Waals surface area contributed by atoms with Gasteiger partial charge in [-0.05, 0) is 38.1 Å². The van der Waals surface area contributed by atoms with Crippen molar-refractivity contribution in [1.82, 2.24) is 10.6 Å². The Labute approximate surface area is 105 Å². The van der Waals surface area contributed by atoms with Crippen LogP contribution in [0.1, 0.15) is 52.4 Å². The Balaban J connectivity index is 1.95. The number of rotatable bonds is 3. The maximum atomic E-state index is 12.5. The van der Waals surface area contributed by atoms with Gasteiger partial charge in [-0.25, -0.2) is 0 Å². The predicted octanol–water partition coefficient (Wildman–Crippen LogP) is 2.07. The van der Waals surface area contributed by atoms with Gasteiger partial charge in [-0.15, -0.1) is 0 Å². The average molecular weight is 238 g/mol. The van der Waals surface area contributed by atoms with Crippen molar-refractivity contribution in [2.45, 2.75) is 58.4 Å². The Hall–Kier alpha value is -0.570. The molecule has 1 amide bonds. The molecule has 0 radical (unpaired) electrons. The number of hydrogen-bond acceptors (Lipinski definition) is 2. The molecule has 3 nitrogen and oxygen atoms in total. The van der Waals surface area contributed by atoms with Crippen LogP contribution in [-0.2, 0) is 4.79 Å². The third-order valence-electron chi connectivity index (χ3n) is 4.83. The minimum Gasteiger partial charge on any atom is -0.353 e. The van der Waals surface area contributed by atoms with Crippen molar-refractivity contribution in [2.24, 2.45) is 11.3 Å². The SMILES string of the molecule is CCC1(C(=O)NC2CCCCC2C)CCNC1. The maximum Gasteiger partial charge on any atom is 0.227 e. The van der Waals surface area contributed by atoms with Gasteiger partial charge in [0.1, 0.15) is 0 Å². The summed E-state index contributed by atoms with van der Waals surface area (Å²) < 4.78 is 0. The molecule has 3 heteroatoms. The van der Waals surface area contributed by atoms with E-state index in [0.717, 1.165) is 25.9 Å². The minimum atomic E-state index is -0.128. The molecular formula is C14H26N2O. The quantitative estimate of drug-likeness (QED) is 0.790. The van der Waals surface area contributed by atoms with Gasteiger partial charge >= 0.3 is 0 Å². The molecule has 0 aromatic rings. The topological polar surface area (TPSA) is 41.1 Å². The Bertz CT molecular complexity index is 271. The monoisotopic (exact) mass is 238 g/mol. The molecule has 1 aliphatic carbocycles. The molecule has 2 fully saturated rings. The minimum absolute atomic E-state index is 0.128. The normalized spacial score (nSPS) is 38.0. The number of hydrogen-bond donors (Lipinski definition) is 2. The van der Waals surface area contributed by atoms with Crippen LogP contribution in [0.3, 0.4) is 0 Å². The Morgan fingerprint density at radius 2 is 2.18 bits per heavy atom. The second-order valence-electron chi connectivity index (χ2n) is 5.90. The Morgan fingerprint density at radius 1 is 1.41 bits per heavy atom. The van der Waals surface area contributed by atoms with Crippen molar-refractivity contribution in [3.05, 3.63) is 0 Å². The van der Waals surface area contributed by atoms with E-state index in [-0.39, 0.29) is 5.41 Å². The third-order valence-corrected chi connectivity index (χ3v) is 4.83. The van der Waals surface area contributed by atoms with E-state index in [9.17, 15) is 4.79 Å². The highest BCUT2D eigenvalue weighted by Gasteiger charge is 2.40. The molecule has 0 spiro atoms. The first-order chi connectivity index (χ1) is 8.18. The Kier molecular flexibility index (Phi) is 4.08. The van der Waals surface area contributed by atoms with Crippen LogP contribution in [0.2, 0.25) is 0 Å². The fraction of sp³-hybridized carbons (Fsp3) is 0.929. The summed E-state index contributed by atoms with van der Waals surface area (Å²) >= 11 is 0. The smallest absolute Gasteiger partial charge is 0.227 e. The van der Waals surface area contributed by atoms with Gasteiger partial charge in [0.05, 0.1) is 5.41 Å². The van der Waals surface area contributed by atoms with Crippen molar-refractivity contribution >= 4 is 5.91 Å². The van der Waals surface area contributed by atoms with Gasteiger partial charge in [0, 0.05) is 12.6 Å². The second kappa shape index (κ2) is 5.38. The van der Waals surface area contributed by atoms with Gasteiger partial charge in [0.25, 0.3) is 0 Å². The summed E-state index contributed by atoms with van der Waals surface area (Å²) in [6.45, 7) is 6.25. The van der Waals surface area contributed by atoms with E-state index in [2.05, 4.69) is 24.5 Å². The lowest BCUT2D eigenvalue weighted by atomic mass is 9.81. The molecule has 2 rings (SSSR count). The van der Waals surface area contributed by atoms with Crippen molar-refractivity contribution in [2.75, 3.05) is 13.1 Å². The van der Waals surface area contributed by atoms with E-state index >= 15 is 0 Å². The number of carbonyl (C=O) groups excluding carboxylic acids is 1. The molecule has 98 valence electrons. The molecule has 3 unspecified atom stereocenters. The van der Waals surface area contributed by atoms with Crippen LogP contribution in [0.15, 0.2) is 0 Å². The predicted molar refractivity (Wildman–Crippen MR) is 69.8 cm³/mol. The fourth-order valence-electron chi connectivity index (χ4n) is 3.25. The van der Waals surface area contributed by atoms with Crippen LogP contribution in [0, 0.1) is 11.3 Å². The summed E-state index contributed by atoms with van der Waals surface area (Å²) in [7, 11) is 0. The molecule has 17 heavy (non-hydrogen) atoms. The molecule has 2 aliphatic rings. The van der Waals surface area contributed by atoms with Crippen LogP contribution in [0.4, 0.5) is 0 Å². The highest BCUT2D eigenvalue weighted by Crippen LogP contribution is 2.31. The molecule has 0 aromatic carbocycles. The van der Waals surface area contributed by atoms with E-state index in [1.807, 2.05) is 0 Å². The first kappa shape index (κ1) is 12.9. The first-order valence-electron chi connectivity index (χ1n) is 7.19. The van der Waals surface area contributed by atoms with Gasteiger partial charge in [-0.3, -0.25) is 4.79 Å². The van der Waals surface area contributed by atoms with Crippen LogP contribution in [-0.4, -0.2) is 25.0 Å². The van der Waals surface area contributed by atoms with Gasteiger partial charge in [-0.1, -0.05) is 26.7 Å². The zero-order chi connectivity index (χ0) is 12.3. The number of amides is 1. The molecule has 0 bridgehead atoms. The van der Waals surface area contributed by atoms with E-state index in [4.69, 9.17) is 0 Å². The first-order valence-corrected chi connectivity index (χ1v) is 7.19. The van der Waals surface area contributed by atoms with Crippen molar-refractivity contribution in [3.63, 3.8) is 0 Å². The molecule has 2 N–H and O–H groups in total. The van der Waals surface area contributed by atoms with E-state index in [1.165, 1.54) is 25.7 Å². The van der Waals surface area contributed by atoms with Crippen LogP contribution < -0.4 is 10.6 Å². The summed E-state index contributed by atoms with van der Waals surface area (Å²) in [5.74, 6) is 0.944. The lowest BCUT2D eigenvalue weighted by molar-refractivity contribution is -0.131. The van der Waals surface area contributed by atoms with Crippen LogP contribution >= 0.6 is 0 Å². The molecule has 1 saturated heterocycles. The molecule has 1 saturated carbocycles. The fourth-order valence-corrected chi connectivity index (χ4v) is 3.25. The summed E-state index contributed by atoms with van der Waals surface area (Å²) in [6, 6.07) is 0.417. The molecular weight excluding hydrogens is 212 g/mol. The van der Waals surface area contributed by atoms with E-state index < -0.39 is 0 Å². The lowest BCUT2D eigenvalue weighted by Crippen LogP contribution is -2.49. The van der Waals surface area contributed by atoms with Gasteiger partial charge in [-0.2, -0.15) is 0 Å². The van der Waals surface area contributed by atoms with E-state index in [0.29, 0.717) is 17.9 Å². The van der Waals surface area contributed by atoms with E-state index in [1.54, 1.807) is 0 Å². The van der Waals surface area contributed by atoms with Gasteiger partial charge in [0.15, 0.2) is 0 Å².